The molecule has 2 N–H and O–H groups in total. The maximum absolute atomic E-state index is 14.0. The summed E-state index contributed by atoms with van der Waals surface area (Å²) >= 11 is 0. The van der Waals surface area contributed by atoms with Gasteiger partial charge in [-0.25, -0.2) is 9.18 Å². The number of rotatable bonds is 1. The molecule has 1 heterocycles. The fourth-order valence-electron chi connectivity index (χ4n) is 2.45. The molecule has 0 unspecified atom stereocenters. The second kappa shape index (κ2) is 6.42. The molecule has 0 atom stereocenters. The van der Waals surface area contributed by atoms with Crippen LogP contribution in [-0.2, 0) is 4.74 Å². The number of hydrogen-bond donors (Lipinski definition) is 1. The lowest BCUT2D eigenvalue weighted by Crippen LogP contribution is -2.39. The van der Waals surface area contributed by atoms with E-state index in [0.29, 0.717) is 37.6 Å². The van der Waals surface area contributed by atoms with Gasteiger partial charge in [0.15, 0.2) is 0 Å². The minimum Gasteiger partial charge on any atom is -0.444 e. The molecule has 1 saturated heterocycles. The molecule has 1 aromatic rings. The number of halogens is 1. The number of ether oxygens (including phenoxy) is 1. The highest BCUT2D eigenvalue weighted by Gasteiger charge is 2.25. The summed E-state index contributed by atoms with van der Waals surface area (Å²) in [5.41, 5.74) is 6.01. The van der Waals surface area contributed by atoms with E-state index in [4.69, 9.17) is 10.5 Å². The van der Waals surface area contributed by atoms with E-state index in [2.05, 4.69) is 0 Å². The molecule has 0 radical (unpaired) electrons. The van der Waals surface area contributed by atoms with Gasteiger partial charge in [0.25, 0.3) is 0 Å². The van der Waals surface area contributed by atoms with E-state index in [-0.39, 0.29) is 11.9 Å². The number of anilines is 2. The van der Waals surface area contributed by atoms with Gasteiger partial charge in [0, 0.05) is 31.9 Å². The zero-order valence-corrected chi connectivity index (χ0v) is 13.4. The predicted molar refractivity (Wildman–Crippen MR) is 85.4 cm³/mol. The van der Waals surface area contributed by atoms with Crippen molar-refractivity contribution in [1.82, 2.24) is 4.90 Å². The number of amides is 1. The van der Waals surface area contributed by atoms with Gasteiger partial charge in [-0.3, -0.25) is 0 Å². The Balaban J connectivity index is 2.02. The number of carbonyl (C=O) groups is 1. The maximum Gasteiger partial charge on any atom is 0.410 e. The topological polar surface area (TPSA) is 58.8 Å². The number of hydrogen-bond acceptors (Lipinski definition) is 4. The van der Waals surface area contributed by atoms with Crippen molar-refractivity contribution in [2.24, 2.45) is 0 Å². The average Bonchev–Trinajstić information content (AvgIpc) is 2.62. The first-order valence-corrected chi connectivity index (χ1v) is 7.54. The molecular formula is C16H24FN3O2. The highest BCUT2D eigenvalue weighted by atomic mass is 19.1. The zero-order chi connectivity index (χ0) is 16.3. The highest BCUT2D eigenvalue weighted by molar-refractivity contribution is 5.68. The van der Waals surface area contributed by atoms with Crippen molar-refractivity contribution >= 4 is 17.5 Å². The number of carbonyl (C=O) groups excluding carboxylic acids is 1. The van der Waals surface area contributed by atoms with Gasteiger partial charge in [-0.1, -0.05) is 0 Å². The van der Waals surface area contributed by atoms with Gasteiger partial charge in [-0.05, 0) is 45.4 Å². The zero-order valence-electron chi connectivity index (χ0n) is 13.4. The Kier molecular flexibility index (Phi) is 4.78. The Hall–Kier alpha value is -1.98. The molecule has 2 rings (SSSR count). The van der Waals surface area contributed by atoms with Gasteiger partial charge in [-0.2, -0.15) is 0 Å². The molecule has 0 spiro atoms. The van der Waals surface area contributed by atoms with E-state index in [1.165, 1.54) is 6.07 Å². The van der Waals surface area contributed by atoms with Crippen LogP contribution in [0.25, 0.3) is 0 Å². The fourth-order valence-corrected chi connectivity index (χ4v) is 2.45. The van der Waals surface area contributed by atoms with Crippen LogP contribution in [-0.4, -0.2) is 42.8 Å². The van der Waals surface area contributed by atoms with Gasteiger partial charge in [-0.15, -0.1) is 0 Å². The number of nitrogens with two attached hydrogens (primary N) is 1. The molecule has 1 aliphatic heterocycles. The van der Waals surface area contributed by atoms with Crippen molar-refractivity contribution in [2.45, 2.75) is 32.8 Å². The van der Waals surface area contributed by atoms with E-state index < -0.39 is 5.60 Å². The van der Waals surface area contributed by atoms with Crippen LogP contribution in [0, 0.1) is 5.82 Å². The summed E-state index contributed by atoms with van der Waals surface area (Å²) in [6.07, 6.45) is 0.454. The van der Waals surface area contributed by atoms with E-state index >= 15 is 0 Å². The number of nitrogens with zero attached hydrogens (tertiary/aromatic N) is 2. The van der Waals surface area contributed by atoms with E-state index in [9.17, 15) is 9.18 Å². The first kappa shape index (κ1) is 16.4. The van der Waals surface area contributed by atoms with Crippen LogP contribution < -0.4 is 10.6 Å². The van der Waals surface area contributed by atoms with Crippen LogP contribution in [0.5, 0.6) is 0 Å². The Morgan fingerprint density at radius 2 is 1.95 bits per heavy atom. The summed E-state index contributed by atoms with van der Waals surface area (Å²) in [6.45, 7) is 7.93. The van der Waals surface area contributed by atoms with Crippen LogP contribution in [0.3, 0.4) is 0 Å². The van der Waals surface area contributed by atoms with Crippen molar-refractivity contribution in [1.29, 1.82) is 0 Å². The summed E-state index contributed by atoms with van der Waals surface area (Å²) in [6, 6.07) is 4.70. The lowest BCUT2D eigenvalue weighted by Gasteiger charge is -2.27. The van der Waals surface area contributed by atoms with Crippen molar-refractivity contribution < 1.29 is 13.9 Å². The molecule has 0 saturated carbocycles. The SMILES string of the molecule is CC(C)(C)OC(=O)N1CCCN(c2ccc(N)cc2F)CC1. The molecule has 1 amide bonds. The largest absolute Gasteiger partial charge is 0.444 e. The third kappa shape index (κ3) is 4.26. The summed E-state index contributed by atoms with van der Waals surface area (Å²) in [5, 5.41) is 0. The standard InChI is InChI=1S/C16H24FN3O2/c1-16(2,3)22-15(21)20-8-4-7-19(9-10-20)14-6-5-12(18)11-13(14)17/h5-6,11H,4,7-10,18H2,1-3H3. The Morgan fingerprint density at radius 1 is 1.23 bits per heavy atom. The molecular weight excluding hydrogens is 285 g/mol. The molecule has 1 aromatic carbocycles. The second-order valence-electron chi connectivity index (χ2n) is 6.52. The third-order valence-corrected chi connectivity index (χ3v) is 3.46. The summed E-state index contributed by atoms with van der Waals surface area (Å²) < 4.78 is 19.4. The van der Waals surface area contributed by atoms with Gasteiger partial charge >= 0.3 is 6.09 Å². The Labute approximate surface area is 130 Å². The lowest BCUT2D eigenvalue weighted by molar-refractivity contribution is 0.0263. The number of benzene rings is 1. The van der Waals surface area contributed by atoms with Crippen molar-refractivity contribution in [2.75, 3.05) is 36.8 Å². The molecule has 1 fully saturated rings. The molecule has 122 valence electrons. The summed E-state index contributed by atoms with van der Waals surface area (Å²) in [5.74, 6) is -0.328. The van der Waals surface area contributed by atoms with Crippen molar-refractivity contribution in [3.8, 4) is 0 Å². The summed E-state index contributed by atoms with van der Waals surface area (Å²) in [4.78, 5) is 15.7. The maximum atomic E-state index is 14.0. The van der Waals surface area contributed by atoms with Gasteiger partial charge in [0.05, 0.1) is 5.69 Å². The quantitative estimate of drug-likeness (QED) is 0.810. The first-order chi connectivity index (χ1) is 10.3. The van der Waals surface area contributed by atoms with E-state index in [0.717, 1.165) is 6.42 Å². The Morgan fingerprint density at radius 3 is 2.59 bits per heavy atom. The van der Waals surface area contributed by atoms with Crippen LogP contribution >= 0.6 is 0 Å². The monoisotopic (exact) mass is 309 g/mol. The van der Waals surface area contributed by atoms with E-state index in [1.54, 1.807) is 17.0 Å². The Bertz CT molecular complexity index is 543. The van der Waals surface area contributed by atoms with Crippen LogP contribution in [0.2, 0.25) is 0 Å². The van der Waals surface area contributed by atoms with E-state index in [1.807, 2.05) is 25.7 Å². The molecule has 0 bridgehead atoms. The molecule has 5 nitrogen and oxygen atoms in total. The normalized spacial score (nSPS) is 16.4. The summed E-state index contributed by atoms with van der Waals surface area (Å²) in [7, 11) is 0. The van der Waals surface area contributed by atoms with Gasteiger partial charge in [0.2, 0.25) is 0 Å². The van der Waals surface area contributed by atoms with Crippen LogP contribution in [0.4, 0.5) is 20.6 Å². The first-order valence-electron chi connectivity index (χ1n) is 7.54. The molecule has 0 aliphatic carbocycles. The smallest absolute Gasteiger partial charge is 0.410 e. The third-order valence-electron chi connectivity index (χ3n) is 3.46. The fraction of sp³-hybridized carbons (Fsp3) is 0.562. The van der Waals surface area contributed by atoms with Crippen molar-refractivity contribution in [3.05, 3.63) is 24.0 Å². The van der Waals surface area contributed by atoms with Crippen molar-refractivity contribution in [3.63, 3.8) is 0 Å². The van der Waals surface area contributed by atoms with Gasteiger partial charge in [0.1, 0.15) is 11.4 Å². The number of nitrogen functional groups attached to an aromatic ring is 1. The minimum atomic E-state index is -0.508. The predicted octanol–water partition coefficient (Wildman–Crippen LogP) is 2.86. The second-order valence-corrected chi connectivity index (χ2v) is 6.52. The van der Waals surface area contributed by atoms with Crippen LogP contribution in [0.15, 0.2) is 18.2 Å². The highest BCUT2D eigenvalue weighted by Crippen LogP contribution is 2.23. The lowest BCUT2D eigenvalue weighted by atomic mass is 10.2. The average molecular weight is 309 g/mol. The van der Waals surface area contributed by atoms with Gasteiger partial charge < -0.3 is 20.3 Å². The van der Waals surface area contributed by atoms with Crippen LogP contribution in [0.1, 0.15) is 27.2 Å². The molecule has 0 aromatic heterocycles. The minimum absolute atomic E-state index is 0.313. The molecule has 22 heavy (non-hydrogen) atoms. The molecule has 6 heteroatoms. The molecule has 1 aliphatic rings.